The minimum atomic E-state index is -1.20. The lowest BCUT2D eigenvalue weighted by molar-refractivity contribution is 0.416. The highest BCUT2D eigenvalue weighted by Crippen LogP contribution is 2.25. The highest BCUT2D eigenvalue weighted by Gasteiger charge is 2.12. The van der Waals surface area contributed by atoms with Crippen molar-refractivity contribution in [2.45, 2.75) is 0 Å². The maximum absolute atomic E-state index is 13.4. The molecule has 0 aliphatic carbocycles. The minimum absolute atomic E-state index is 0.0769. The molecule has 0 amide bonds. The Kier molecular flexibility index (Phi) is 3.09. The SMILES string of the molecule is [B]c1ccc(Oc2cccc(F)c2)c(F)c1F. The summed E-state index contributed by atoms with van der Waals surface area (Å²) >= 11 is 0. The van der Waals surface area contributed by atoms with Crippen LogP contribution in [0.15, 0.2) is 36.4 Å². The zero-order valence-electron chi connectivity index (χ0n) is 8.58. The van der Waals surface area contributed by atoms with E-state index >= 15 is 0 Å². The Morgan fingerprint density at radius 3 is 2.41 bits per heavy atom. The summed E-state index contributed by atoms with van der Waals surface area (Å²) in [6.45, 7) is 0. The summed E-state index contributed by atoms with van der Waals surface area (Å²) in [6.07, 6.45) is 0. The summed E-state index contributed by atoms with van der Waals surface area (Å²) in [5.41, 5.74) is -0.311. The number of hydrogen-bond donors (Lipinski definition) is 0. The fraction of sp³-hybridized carbons (Fsp3) is 0. The predicted octanol–water partition coefficient (Wildman–Crippen LogP) is 2.69. The molecule has 0 aliphatic heterocycles. The summed E-state index contributed by atoms with van der Waals surface area (Å²) in [5.74, 6) is -3.18. The monoisotopic (exact) mass is 234 g/mol. The predicted molar refractivity (Wildman–Crippen MR) is 58.2 cm³/mol. The van der Waals surface area contributed by atoms with E-state index in [4.69, 9.17) is 12.6 Å². The Morgan fingerprint density at radius 1 is 0.941 bits per heavy atom. The molecule has 2 radical (unpaired) electrons. The van der Waals surface area contributed by atoms with Crippen LogP contribution in [0, 0.1) is 17.5 Å². The molecule has 0 bridgehead atoms. The van der Waals surface area contributed by atoms with Gasteiger partial charge in [0.25, 0.3) is 0 Å². The molecule has 0 saturated heterocycles. The van der Waals surface area contributed by atoms with Gasteiger partial charge >= 0.3 is 0 Å². The third-order valence-electron chi connectivity index (χ3n) is 2.10. The quantitative estimate of drug-likeness (QED) is 0.726. The van der Waals surface area contributed by atoms with Crippen molar-refractivity contribution in [3.8, 4) is 11.5 Å². The highest BCUT2D eigenvalue weighted by molar-refractivity contribution is 6.32. The molecule has 84 valence electrons. The van der Waals surface area contributed by atoms with Crippen molar-refractivity contribution in [3.05, 3.63) is 53.8 Å². The van der Waals surface area contributed by atoms with Crippen molar-refractivity contribution in [2.24, 2.45) is 0 Å². The van der Waals surface area contributed by atoms with E-state index in [1.807, 2.05) is 0 Å². The zero-order valence-corrected chi connectivity index (χ0v) is 8.58. The lowest BCUT2D eigenvalue weighted by Gasteiger charge is -2.08. The van der Waals surface area contributed by atoms with Gasteiger partial charge in [-0.1, -0.05) is 17.6 Å². The van der Waals surface area contributed by atoms with Gasteiger partial charge in [0.15, 0.2) is 11.6 Å². The molecule has 0 heterocycles. The molecule has 0 aliphatic rings. The molecule has 0 fully saturated rings. The first kappa shape index (κ1) is 11.6. The van der Waals surface area contributed by atoms with E-state index in [1.54, 1.807) is 0 Å². The van der Waals surface area contributed by atoms with Crippen molar-refractivity contribution in [2.75, 3.05) is 0 Å². The van der Waals surface area contributed by atoms with Gasteiger partial charge in [-0.25, -0.2) is 8.78 Å². The van der Waals surface area contributed by atoms with Crippen molar-refractivity contribution < 1.29 is 17.9 Å². The lowest BCUT2D eigenvalue weighted by Crippen LogP contribution is -2.11. The molecule has 5 heteroatoms. The zero-order chi connectivity index (χ0) is 12.4. The molecule has 0 aromatic heterocycles. The van der Waals surface area contributed by atoms with Crippen LogP contribution in [0.3, 0.4) is 0 Å². The molecule has 2 rings (SSSR count). The van der Waals surface area contributed by atoms with Crippen molar-refractivity contribution >= 4 is 13.3 Å². The second kappa shape index (κ2) is 4.53. The normalized spacial score (nSPS) is 10.3. The Hall–Kier alpha value is -1.91. The smallest absolute Gasteiger partial charge is 0.200 e. The van der Waals surface area contributed by atoms with Crippen molar-refractivity contribution in [1.82, 2.24) is 0 Å². The molecule has 0 atom stereocenters. The molecule has 17 heavy (non-hydrogen) atoms. The van der Waals surface area contributed by atoms with E-state index in [-0.39, 0.29) is 17.0 Å². The van der Waals surface area contributed by atoms with Crippen LogP contribution < -0.4 is 10.2 Å². The van der Waals surface area contributed by atoms with Gasteiger partial charge in [-0.05, 0) is 18.2 Å². The van der Waals surface area contributed by atoms with Crippen LogP contribution in [0.2, 0.25) is 0 Å². The molecule has 0 spiro atoms. The largest absolute Gasteiger partial charge is 0.454 e. The van der Waals surface area contributed by atoms with Gasteiger partial charge < -0.3 is 4.74 Å². The Morgan fingerprint density at radius 2 is 1.71 bits per heavy atom. The molecule has 2 aromatic rings. The maximum atomic E-state index is 13.4. The first-order valence-corrected chi connectivity index (χ1v) is 4.75. The van der Waals surface area contributed by atoms with Gasteiger partial charge in [-0.2, -0.15) is 4.39 Å². The van der Waals surface area contributed by atoms with Gasteiger partial charge in [0.05, 0.1) is 0 Å². The third kappa shape index (κ3) is 2.44. The third-order valence-corrected chi connectivity index (χ3v) is 2.10. The van der Waals surface area contributed by atoms with Gasteiger partial charge in [-0.3, -0.25) is 0 Å². The van der Waals surface area contributed by atoms with E-state index in [0.29, 0.717) is 0 Å². The second-order valence-corrected chi connectivity index (χ2v) is 3.34. The summed E-state index contributed by atoms with van der Waals surface area (Å²) in [4.78, 5) is 0. The van der Waals surface area contributed by atoms with Crippen molar-refractivity contribution in [1.29, 1.82) is 0 Å². The first-order chi connectivity index (χ1) is 8.08. The van der Waals surface area contributed by atoms with E-state index in [9.17, 15) is 13.2 Å². The molecular weight excluding hydrogens is 228 g/mol. The first-order valence-electron chi connectivity index (χ1n) is 4.75. The molecule has 2 aromatic carbocycles. The topological polar surface area (TPSA) is 9.23 Å². The van der Waals surface area contributed by atoms with E-state index in [1.165, 1.54) is 30.3 Å². The summed E-state index contributed by atoms with van der Waals surface area (Å²) in [7, 11) is 5.18. The van der Waals surface area contributed by atoms with Crippen LogP contribution in [0.25, 0.3) is 0 Å². The fourth-order valence-corrected chi connectivity index (χ4v) is 1.28. The molecular formula is C12H6BF3O. The highest BCUT2D eigenvalue weighted by atomic mass is 19.2. The standard InChI is InChI=1S/C12H6BF3O/c13-9-4-5-10(12(16)11(9)15)17-8-3-1-2-7(14)6-8/h1-6H. The Balaban J connectivity index is 2.34. The van der Waals surface area contributed by atoms with Gasteiger partial charge in [0.1, 0.15) is 19.4 Å². The number of benzene rings is 2. The van der Waals surface area contributed by atoms with E-state index in [0.717, 1.165) is 6.07 Å². The van der Waals surface area contributed by atoms with Gasteiger partial charge in [-0.15, -0.1) is 0 Å². The second-order valence-electron chi connectivity index (χ2n) is 3.34. The molecule has 1 nitrogen and oxygen atoms in total. The fourth-order valence-electron chi connectivity index (χ4n) is 1.28. The number of hydrogen-bond acceptors (Lipinski definition) is 1. The number of ether oxygens (including phenoxy) is 1. The van der Waals surface area contributed by atoms with Crippen LogP contribution >= 0.6 is 0 Å². The van der Waals surface area contributed by atoms with Gasteiger partial charge in [0.2, 0.25) is 5.82 Å². The number of rotatable bonds is 2. The maximum Gasteiger partial charge on any atom is 0.200 e. The molecule has 0 saturated carbocycles. The summed E-state index contributed by atoms with van der Waals surface area (Å²) in [5, 5.41) is 0. The minimum Gasteiger partial charge on any atom is -0.454 e. The molecule has 0 unspecified atom stereocenters. The van der Waals surface area contributed by atoms with Crippen LogP contribution in [0.1, 0.15) is 0 Å². The average Bonchev–Trinajstić information content (AvgIpc) is 2.30. The molecule has 0 N–H and O–H groups in total. The van der Waals surface area contributed by atoms with E-state index < -0.39 is 17.5 Å². The van der Waals surface area contributed by atoms with Crippen LogP contribution in [-0.4, -0.2) is 7.85 Å². The van der Waals surface area contributed by atoms with Crippen LogP contribution in [0.4, 0.5) is 13.2 Å². The van der Waals surface area contributed by atoms with Gasteiger partial charge in [0, 0.05) is 6.07 Å². The lowest BCUT2D eigenvalue weighted by atomic mass is 9.95. The Bertz CT molecular complexity index is 557. The van der Waals surface area contributed by atoms with Crippen LogP contribution in [0.5, 0.6) is 11.5 Å². The number of halogens is 3. The average molecular weight is 234 g/mol. The Labute approximate surface area is 97.3 Å². The van der Waals surface area contributed by atoms with Crippen molar-refractivity contribution in [3.63, 3.8) is 0 Å². The summed E-state index contributed by atoms with van der Waals surface area (Å²) in [6, 6.07) is 7.46. The van der Waals surface area contributed by atoms with Crippen LogP contribution in [-0.2, 0) is 0 Å². The summed E-state index contributed by atoms with van der Waals surface area (Å²) < 4.78 is 44.4. The van der Waals surface area contributed by atoms with E-state index in [2.05, 4.69) is 0 Å².